The summed E-state index contributed by atoms with van der Waals surface area (Å²) in [5.74, 6) is 1.37. The summed E-state index contributed by atoms with van der Waals surface area (Å²) in [7, 11) is 0. The molecule has 2 aliphatic rings. The minimum absolute atomic E-state index is 0.292. The van der Waals surface area contributed by atoms with Gasteiger partial charge in [-0.05, 0) is 92.2 Å². The maximum absolute atomic E-state index is 14.2. The van der Waals surface area contributed by atoms with Crippen molar-refractivity contribution in [2.24, 2.45) is 22.6 Å². The number of benzene rings is 1. The van der Waals surface area contributed by atoms with E-state index in [0.717, 1.165) is 48.8 Å². The molecule has 0 radical (unpaired) electrons. The highest BCUT2D eigenvalue weighted by atomic mass is 19.1. The fraction of sp³-hybridized carbons (Fsp3) is 0.464. The van der Waals surface area contributed by atoms with E-state index in [1.165, 1.54) is 37.3 Å². The maximum atomic E-state index is 14.2. The molecule has 0 heterocycles. The van der Waals surface area contributed by atoms with Gasteiger partial charge in [0.2, 0.25) is 0 Å². The fourth-order valence-electron chi connectivity index (χ4n) is 4.42. The van der Waals surface area contributed by atoms with Gasteiger partial charge in [-0.3, -0.25) is 4.99 Å². The molecule has 0 aromatic heterocycles. The van der Waals surface area contributed by atoms with Gasteiger partial charge in [-0.25, -0.2) is 4.39 Å². The Kier molecular flexibility index (Phi) is 8.45. The lowest BCUT2D eigenvalue weighted by Gasteiger charge is -2.21. The van der Waals surface area contributed by atoms with Crippen molar-refractivity contribution in [3.63, 3.8) is 0 Å². The molecule has 2 nitrogen and oxygen atoms in total. The summed E-state index contributed by atoms with van der Waals surface area (Å²) in [6.45, 7) is 6.47. The Labute approximate surface area is 187 Å². The normalized spacial score (nSPS) is 18.8. The number of nitrogens with two attached hydrogens (primary N) is 1. The van der Waals surface area contributed by atoms with E-state index in [0.29, 0.717) is 11.4 Å². The SMILES string of the molecule is CCCC(C=C(N)/C=C/C1=CCCC(C(CC)C2CC2)=C1)=Nc1cc(CC)ccc1F. The summed E-state index contributed by atoms with van der Waals surface area (Å²) >= 11 is 0. The number of hydrogen-bond acceptors (Lipinski definition) is 2. The first kappa shape index (κ1) is 23.2. The number of aliphatic imine (C=N–C) groups is 1. The fourth-order valence-corrected chi connectivity index (χ4v) is 4.42. The van der Waals surface area contributed by atoms with Crippen molar-refractivity contribution in [3.8, 4) is 0 Å². The number of halogens is 1. The molecule has 0 amide bonds. The van der Waals surface area contributed by atoms with Gasteiger partial charge in [-0.1, -0.05) is 57.1 Å². The molecule has 1 atom stereocenters. The van der Waals surface area contributed by atoms with Gasteiger partial charge >= 0.3 is 0 Å². The van der Waals surface area contributed by atoms with E-state index in [9.17, 15) is 4.39 Å². The molecule has 1 aromatic carbocycles. The highest BCUT2D eigenvalue weighted by Gasteiger charge is 2.32. The first-order valence-corrected chi connectivity index (χ1v) is 12.0. The second-order valence-corrected chi connectivity index (χ2v) is 8.78. The molecular weight excluding hydrogens is 383 g/mol. The van der Waals surface area contributed by atoms with Crippen LogP contribution in [0.25, 0.3) is 0 Å². The minimum Gasteiger partial charge on any atom is -0.399 e. The van der Waals surface area contributed by atoms with E-state index >= 15 is 0 Å². The van der Waals surface area contributed by atoms with E-state index < -0.39 is 0 Å². The summed E-state index contributed by atoms with van der Waals surface area (Å²) in [4.78, 5) is 4.59. The lowest BCUT2D eigenvalue weighted by atomic mass is 9.84. The Hall–Kier alpha value is -2.42. The molecule has 3 heteroatoms. The molecule has 2 aliphatic carbocycles. The van der Waals surface area contributed by atoms with E-state index in [4.69, 9.17) is 5.73 Å². The first-order chi connectivity index (χ1) is 15.0. The zero-order valence-corrected chi connectivity index (χ0v) is 19.3. The van der Waals surface area contributed by atoms with Crippen molar-refractivity contribution in [2.45, 2.75) is 72.1 Å². The van der Waals surface area contributed by atoms with Gasteiger partial charge in [0.1, 0.15) is 5.82 Å². The van der Waals surface area contributed by atoms with Gasteiger partial charge in [0.15, 0.2) is 0 Å². The molecule has 0 spiro atoms. The Balaban J connectivity index is 1.76. The number of nitrogens with zero attached hydrogens (tertiary/aromatic N) is 1. The van der Waals surface area contributed by atoms with Crippen LogP contribution in [0.3, 0.4) is 0 Å². The van der Waals surface area contributed by atoms with Crippen LogP contribution in [-0.2, 0) is 6.42 Å². The number of allylic oxidation sites excluding steroid dienone is 7. The molecule has 0 saturated heterocycles. The van der Waals surface area contributed by atoms with Gasteiger partial charge in [0.25, 0.3) is 0 Å². The molecule has 1 fully saturated rings. The van der Waals surface area contributed by atoms with Crippen LogP contribution >= 0.6 is 0 Å². The quantitative estimate of drug-likeness (QED) is 0.305. The van der Waals surface area contributed by atoms with Crippen molar-refractivity contribution in [2.75, 3.05) is 0 Å². The maximum Gasteiger partial charge on any atom is 0.148 e. The van der Waals surface area contributed by atoms with Crippen molar-refractivity contribution in [1.82, 2.24) is 0 Å². The van der Waals surface area contributed by atoms with Crippen LogP contribution in [-0.4, -0.2) is 5.71 Å². The van der Waals surface area contributed by atoms with E-state index in [1.54, 1.807) is 5.57 Å². The second kappa shape index (κ2) is 11.3. The zero-order valence-electron chi connectivity index (χ0n) is 19.3. The number of rotatable bonds is 10. The second-order valence-electron chi connectivity index (χ2n) is 8.78. The largest absolute Gasteiger partial charge is 0.399 e. The highest BCUT2D eigenvalue weighted by molar-refractivity contribution is 5.97. The molecule has 3 rings (SSSR count). The van der Waals surface area contributed by atoms with Crippen LogP contribution in [0.4, 0.5) is 10.1 Å². The van der Waals surface area contributed by atoms with Crippen LogP contribution < -0.4 is 5.73 Å². The average molecular weight is 421 g/mol. The third-order valence-electron chi connectivity index (χ3n) is 6.26. The predicted molar refractivity (Wildman–Crippen MR) is 131 cm³/mol. The molecule has 0 aliphatic heterocycles. The molecule has 31 heavy (non-hydrogen) atoms. The summed E-state index contributed by atoms with van der Waals surface area (Å²) in [6, 6.07) is 5.14. The molecule has 1 aromatic rings. The summed E-state index contributed by atoms with van der Waals surface area (Å²) in [5, 5.41) is 0. The van der Waals surface area contributed by atoms with Crippen LogP contribution in [0.5, 0.6) is 0 Å². The van der Waals surface area contributed by atoms with E-state index in [2.05, 4.69) is 44.0 Å². The Morgan fingerprint density at radius 3 is 2.74 bits per heavy atom. The average Bonchev–Trinajstić information content (AvgIpc) is 3.60. The number of hydrogen-bond donors (Lipinski definition) is 1. The van der Waals surface area contributed by atoms with Gasteiger partial charge in [-0.2, -0.15) is 0 Å². The van der Waals surface area contributed by atoms with Crippen LogP contribution in [0.15, 0.2) is 70.4 Å². The number of aryl methyl sites for hydroxylation is 1. The summed E-state index contributed by atoms with van der Waals surface area (Å²) in [6.07, 6.45) is 19.5. The van der Waals surface area contributed by atoms with E-state index in [1.807, 2.05) is 24.3 Å². The van der Waals surface area contributed by atoms with Crippen molar-refractivity contribution >= 4 is 11.4 Å². The van der Waals surface area contributed by atoms with Gasteiger partial charge in [0.05, 0.1) is 5.69 Å². The molecule has 1 unspecified atom stereocenters. The van der Waals surface area contributed by atoms with Crippen LogP contribution in [0, 0.1) is 17.7 Å². The molecular formula is C28H37FN2. The molecule has 166 valence electrons. The van der Waals surface area contributed by atoms with Gasteiger partial charge in [0, 0.05) is 11.4 Å². The third-order valence-corrected chi connectivity index (χ3v) is 6.26. The van der Waals surface area contributed by atoms with Crippen LogP contribution in [0.1, 0.15) is 71.3 Å². The van der Waals surface area contributed by atoms with Crippen molar-refractivity contribution in [3.05, 3.63) is 76.8 Å². The molecule has 0 bridgehead atoms. The van der Waals surface area contributed by atoms with Crippen molar-refractivity contribution in [1.29, 1.82) is 0 Å². The topological polar surface area (TPSA) is 38.4 Å². The molecule has 1 saturated carbocycles. The first-order valence-electron chi connectivity index (χ1n) is 12.0. The Morgan fingerprint density at radius 2 is 2.06 bits per heavy atom. The van der Waals surface area contributed by atoms with Gasteiger partial charge < -0.3 is 5.73 Å². The smallest absolute Gasteiger partial charge is 0.148 e. The van der Waals surface area contributed by atoms with Crippen molar-refractivity contribution < 1.29 is 4.39 Å². The Morgan fingerprint density at radius 1 is 1.26 bits per heavy atom. The lowest BCUT2D eigenvalue weighted by molar-refractivity contribution is 0.501. The predicted octanol–water partition coefficient (Wildman–Crippen LogP) is 7.74. The zero-order chi connectivity index (χ0) is 22.2. The monoisotopic (exact) mass is 420 g/mol. The third kappa shape index (κ3) is 6.78. The minimum atomic E-state index is -0.292. The summed E-state index contributed by atoms with van der Waals surface area (Å²) in [5.41, 5.74) is 12.1. The van der Waals surface area contributed by atoms with Crippen LogP contribution in [0.2, 0.25) is 0 Å². The van der Waals surface area contributed by atoms with E-state index in [-0.39, 0.29) is 5.82 Å². The standard InChI is InChI=1S/C28H37FN2/c1-4-8-25(31-28-18-20(5-2)12-16-27(28)29)19-24(30)15-11-21-9-7-10-23(17-21)26(6-3)22-13-14-22/h9,11-12,15-19,22,26H,4-8,10,13-14,30H2,1-3H3/b15-11+,24-19?,31-25?. The highest BCUT2D eigenvalue weighted by Crippen LogP contribution is 2.44. The Bertz CT molecular complexity index is 913. The van der Waals surface area contributed by atoms with Gasteiger partial charge in [-0.15, -0.1) is 0 Å². The summed E-state index contributed by atoms with van der Waals surface area (Å²) < 4.78 is 14.2. The molecule has 2 N–H and O–H groups in total. The lowest BCUT2D eigenvalue weighted by Crippen LogP contribution is -2.08.